The molecule has 0 saturated carbocycles. The van der Waals surface area contributed by atoms with Gasteiger partial charge in [-0.25, -0.2) is 4.52 Å². The number of aromatic amines is 1. The van der Waals surface area contributed by atoms with Gasteiger partial charge in [-0.1, -0.05) is 23.4 Å². The zero-order valence-corrected chi connectivity index (χ0v) is 10.5. The SMILES string of the molecule is Cc1cc(-c2nnc3c4ccccc4c(=O)[nH]n23)on1. The molecule has 0 aliphatic rings. The van der Waals surface area contributed by atoms with Crippen molar-refractivity contribution in [3.63, 3.8) is 0 Å². The summed E-state index contributed by atoms with van der Waals surface area (Å²) in [6.07, 6.45) is 0. The van der Waals surface area contributed by atoms with E-state index in [9.17, 15) is 4.79 Å². The lowest BCUT2D eigenvalue weighted by Gasteiger charge is -2.00. The largest absolute Gasteiger partial charge is 0.353 e. The molecule has 3 aromatic heterocycles. The van der Waals surface area contributed by atoms with Gasteiger partial charge in [0.2, 0.25) is 11.6 Å². The first-order valence-electron chi connectivity index (χ1n) is 6.04. The van der Waals surface area contributed by atoms with E-state index in [0.717, 1.165) is 11.1 Å². The minimum absolute atomic E-state index is 0.203. The Kier molecular flexibility index (Phi) is 2.06. The van der Waals surface area contributed by atoms with Crippen LogP contribution in [0.15, 0.2) is 39.6 Å². The van der Waals surface area contributed by atoms with Crippen LogP contribution < -0.4 is 5.56 Å². The molecule has 4 rings (SSSR count). The molecule has 0 unspecified atom stereocenters. The first-order valence-corrected chi connectivity index (χ1v) is 6.04. The van der Waals surface area contributed by atoms with Crippen LogP contribution in [0.4, 0.5) is 0 Å². The van der Waals surface area contributed by atoms with E-state index in [-0.39, 0.29) is 5.56 Å². The number of hydrogen-bond donors (Lipinski definition) is 1. The van der Waals surface area contributed by atoms with Gasteiger partial charge in [-0.15, -0.1) is 10.2 Å². The quantitative estimate of drug-likeness (QED) is 0.565. The van der Waals surface area contributed by atoms with E-state index in [1.54, 1.807) is 12.1 Å². The van der Waals surface area contributed by atoms with Gasteiger partial charge in [0.05, 0.1) is 11.1 Å². The molecule has 4 aromatic rings. The van der Waals surface area contributed by atoms with Crippen LogP contribution in [0.3, 0.4) is 0 Å². The normalized spacial score (nSPS) is 11.4. The molecule has 0 spiro atoms. The van der Waals surface area contributed by atoms with E-state index >= 15 is 0 Å². The van der Waals surface area contributed by atoms with Crippen molar-refractivity contribution in [2.75, 3.05) is 0 Å². The van der Waals surface area contributed by atoms with E-state index in [2.05, 4.69) is 20.5 Å². The Balaban J connectivity index is 2.14. The number of fused-ring (bicyclic) bond motifs is 3. The summed E-state index contributed by atoms with van der Waals surface area (Å²) < 4.78 is 6.69. The van der Waals surface area contributed by atoms with Crippen molar-refractivity contribution in [2.45, 2.75) is 6.92 Å². The summed E-state index contributed by atoms with van der Waals surface area (Å²) in [5.41, 5.74) is 1.11. The molecule has 0 bridgehead atoms. The van der Waals surface area contributed by atoms with Crippen molar-refractivity contribution in [1.82, 2.24) is 25.0 Å². The molecular formula is C13H9N5O2. The lowest BCUT2D eigenvalue weighted by molar-refractivity contribution is 0.423. The van der Waals surface area contributed by atoms with E-state index in [4.69, 9.17) is 4.52 Å². The Hall–Kier alpha value is -2.96. The molecule has 0 atom stereocenters. The Morgan fingerprint density at radius 3 is 2.75 bits per heavy atom. The molecule has 0 fully saturated rings. The van der Waals surface area contributed by atoms with Gasteiger partial charge in [-0.3, -0.25) is 9.89 Å². The van der Waals surface area contributed by atoms with E-state index in [0.29, 0.717) is 22.6 Å². The van der Waals surface area contributed by atoms with E-state index in [1.807, 2.05) is 25.1 Å². The lowest BCUT2D eigenvalue weighted by Crippen LogP contribution is -2.12. The van der Waals surface area contributed by atoms with Gasteiger partial charge in [-0.2, -0.15) is 0 Å². The summed E-state index contributed by atoms with van der Waals surface area (Å²) in [7, 11) is 0. The van der Waals surface area contributed by atoms with Crippen LogP contribution in [0.1, 0.15) is 5.69 Å². The van der Waals surface area contributed by atoms with E-state index in [1.165, 1.54) is 4.52 Å². The number of benzene rings is 1. The second kappa shape index (κ2) is 3.77. The zero-order valence-electron chi connectivity index (χ0n) is 10.5. The fourth-order valence-electron chi connectivity index (χ4n) is 2.23. The number of H-pyrrole nitrogens is 1. The van der Waals surface area contributed by atoms with Crippen LogP contribution in [0, 0.1) is 6.92 Å². The predicted octanol–water partition coefficient (Wildman–Crippen LogP) is 1.53. The molecule has 0 saturated heterocycles. The van der Waals surface area contributed by atoms with Crippen LogP contribution in [0.2, 0.25) is 0 Å². The average molecular weight is 267 g/mol. The number of hydrogen-bond acceptors (Lipinski definition) is 5. The first-order chi connectivity index (χ1) is 9.74. The smallest absolute Gasteiger partial charge is 0.270 e. The summed E-state index contributed by atoms with van der Waals surface area (Å²) in [6, 6.07) is 9.00. The van der Waals surface area contributed by atoms with Gasteiger partial charge in [-0.05, 0) is 13.0 Å². The summed E-state index contributed by atoms with van der Waals surface area (Å²) in [5, 5.41) is 16.1. The van der Waals surface area contributed by atoms with Crippen LogP contribution in [-0.4, -0.2) is 25.0 Å². The highest BCUT2D eigenvalue weighted by molar-refractivity contribution is 5.93. The molecule has 7 nitrogen and oxygen atoms in total. The van der Waals surface area contributed by atoms with Crippen molar-refractivity contribution >= 4 is 16.4 Å². The molecule has 0 amide bonds. The number of nitrogens with zero attached hydrogens (tertiary/aromatic N) is 4. The topological polar surface area (TPSA) is 89.1 Å². The highest BCUT2D eigenvalue weighted by atomic mass is 16.5. The van der Waals surface area contributed by atoms with Crippen LogP contribution >= 0.6 is 0 Å². The minimum Gasteiger partial charge on any atom is -0.353 e. The van der Waals surface area contributed by atoms with Crippen molar-refractivity contribution in [2.24, 2.45) is 0 Å². The highest BCUT2D eigenvalue weighted by Crippen LogP contribution is 2.21. The minimum atomic E-state index is -0.203. The molecule has 1 aromatic carbocycles. The number of nitrogens with one attached hydrogen (secondary N) is 1. The summed E-state index contributed by atoms with van der Waals surface area (Å²) >= 11 is 0. The monoisotopic (exact) mass is 267 g/mol. The Labute approximate surface area is 111 Å². The van der Waals surface area contributed by atoms with Gasteiger partial charge >= 0.3 is 0 Å². The Morgan fingerprint density at radius 2 is 2.00 bits per heavy atom. The van der Waals surface area contributed by atoms with Crippen molar-refractivity contribution in [3.05, 3.63) is 46.4 Å². The molecule has 1 N–H and O–H groups in total. The molecular weight excluding hydrogens is 258 g/mol. The summed E-state index contributed by atoms with van der Waals surface area (Å²) in [5.74, 6) is 0.879. The Bertz CT molecular complexity index is 995. The third-order valence-corrected chi connectivity index (χ3v) is 3.14. The maximum Gasteiger partial charge on any atom is 0.270 e. The lowest BCUT2D eigenvalue weighted by atomic mass is 10.2. The maximum atomic E-state index is 12.1. The van der Waals surface area contributed by atoms with Gasteiger partial charge in [0, 0.05) is 11.5 Å². The Morgan fingerprint density at radius 1 is 1.20 bits per heavy atom. The average Bonchev–Trinajstić information content (AvgIpc) is 3.05. The third kappa shape index (κ3) is 1.40. The second-order valence-electron chi connectivity index (χ2n) is 4.50. The standard InChI is InChI=1S/C13H9N5O2/c1-7-6-10(20-17-7)12-15-14-11-8-4-2-3-5-9(8)13(19)16-18(11)12/h2-6H,1H3,(H,16,19). The van der Waals surface area contributed by atoms with Crippen molar-refractivity contribution in [1.29, 1.82) is 0 Å². The summed E-state index contributed by atoms with van der Waals surface area (Å²) in [4.78, 5) is 12.1. The molecule has 98 valence electrons. The molecule has 0 aliphatic heterocycles. The summed E-state index contributed by atoms with van der Waals surface area (Å²) in [6.45, 7) is 1.81. The molecule has 0 aliphatic carbocycles. The number of aryl methyl sites for hydroxylation is 1. The highest BCUT2D eigenvalue weighted by Gasteiger charge is 2.16. The fraction of sp³-hybridized carbons (Fsp3) is 0.0769. The van der Waals surface area contributed by atoms with Crippen LogP contribution in [0.25, 0.3) is 28.0 Å². The predicted molar refractivity (Wildman–Crippen MR) is 71.3 cm³/mol. The zero-order chi connectivity index (χ0) is 13.7. The molecule has 0 radical (unpaired) electrons. The first kappa shape index (κ1) is 10.9. The molecule has 20 heavy (non-hydrogen) atoms. The fourth-order valence-corrected chi connectivity index (χ4v) is 2.23. The van der Waals surface area contributed by atoms with Crippen molar-refractivity contribution in [3.8, 4) is 11.6 Å². The second-order valence-corrected chi connectivity index (χ2v) is 4.50. The maximum absolute atomic E-state index is 12.1. The number of rotatable bonds is 1. The molecule has 7 heteroatoms. The van der Waals surface area contributed by atoms with Gasteiger partial charge < -0.3 is 4.52 Å². The molecule has 3 heterocycles. The van der Waals surface area contributed by atoms with E-state index < -0.39 is 0 Å². The van der Waals surface area contributed by atoms with Gasteiger partial charge in [0.15, 0.2) is 5.65 Å². The van der Waals surface area contributed by atoms with Gasteiger partial charge in [0.25, 0.3) is 5.56 Å². The van der Waals surface area contributed by atoms with Crippen molar-refractivity contribution < 1.29 is 4.52 Å². The van der Waals surface area contributed by atoms with Crippen LogP contribution in [0.5, 0.6) is 0 Å². The third-order valence-electron chi connectivity index (χ3n) is 3.14. The number of aromatic nitrogens is 5. The van der Waals surface area contributed by atoms with Gasteiger partial charge in [0.1, 0.15) is 0 Å². The van der Waals surface area contributed by atoms with Crippen LogP contribution in [-0.2, 0) is 0 Å².